The maximum Gasteiger partial charge on any atom is 0.181 e. The molecule has 1 N–H and O–H groups in total. The largest absolute Gasteiger partial charge is 0.262 e. The Kier molecular flexibility index (Phi) is 5.20. The summed E-state index contributed by atoms with van der Waals surface area (Å²) in [6.45, 7) is 6.89. The van der Waals surface area contributed by atoms with Crippen molar-refractivity contribution in [1.29, 1.82) is 0 Å². The minimum absolute atomic E-state index is 0.252. The number of alkyl halides is 1. The van der Waals surface area contributed by atoms with E-state index in [9.17, 15) is 0 Å². The number of rotatable bonds is 4. The minimum atomic E-state index is 0.252. The summed E-state index contributed by atoms with van der Waals surface area (Å²) in [6.07, 6.45) is 5.23. The van der Waals surface area contributed by atoms with E-state index in [1.807, 2.05) is 0 Å². The van der Waals surface area contributed by atoms with Crippen LogP contribution in [0.15, 0.2) is 24.3 Å². The van der Waals surface area contributed by atoms with Gasteiger partial charge >= 0.3 is 0 Å². The van der Waals surface area contributed by atoms with Crippen LogP contribution in [0.5, 0.6) is 0 Å². The first-order valence-corrected chi connectivity index (χ1v) is 9.59. The zero-order valence-electron chi connectivity index (χ0n) is 14.2. The van der Waals surface area contributed by atoms with Crippen LogP contribution in [0.4, 0.5) is 0 Å². The standard InChI is InChI=1S/C19H26BrN3/c1-12-7-9-15(10-8-12)18-21-19(23-22-18)17(20)11-16-13(2)5-4-6-14(16)3/h7-10,13-14,16-17H,4-6,11H2,1-3H3,(H,21,22,23). The Bertz CT molecular complexity index is 624. The Hall–Kier alpha value is -1.16. The van der Waals surface area contributed by atoms with Crippen molar-refractivity contribution >= 4 is 15.9 Å². The van der Waals surface area contributed by atoms with Gasteiger partial charge in [-0.25, -0.2) is 4.98 Å². The normalized spacial score (nSPS) is 26.2. The average molecular weight is 376 g/mol. The highest BCUT2D eigenvalue weighted by molar-refractivity contribution is 9.09. The zero-order chi connectivity index (χ0) is 16.4. The van der Waals surface area contributed by atoms with Gasteiger partial charge in [0.25, 0.3) is 0 Å². The highest BCUT2D eigenvalue weighted by Crippen LogP contribution is 2.41. The summed E-state index contributed by atoms with van der Waals surface area (Å²) in [5.41, 5.74) is 2.32. The molecule has 3 rings (SSSR count). The summed E-state index contributed by atoms with van der Waals surface area (Å²) in [4.78, 5) is 4.96. The first-order valence-electron chi connectivity index (χ1n) is 8.68. The Morgan fingerprint density at radius 3 is 2.48 bits per heavy atom. The van der Waals surface area contributed by atoms with Gasteiger partial charge in [0, 0.05) is 5.56 Å². The van der Waals surface area contributed by atoms with Crippen molar-refractivity contribution in [2.45, 2.75) is 51.3 Å². The number of nitrogens with one attached hydrogen (secondary N) is 1. The van der Waals surface area contributed by atoms with Gasteiger partial charge in [0.2, 0.25) is 0 Å². The monoisotopic (exact) mass is 375 g/mol. The van der Waals surface area contributed by atoms with Crippen molar-refractivity contribution in [1.82, 2.24) is 15.2 Å². The van der Waals surface area contributed by atoms with Crippen LogP contribution in [0.25, 0.3) is 11.4 Å². The molecule has 3 nitrogen and oxygen atoms in total. The first-order chi connectivity index (χ1) is 11.0. The lowest BCUT2D eigenvalue weighted by Crippen LogP contribution is -2.25. The molecule has 1 aromatic carbocycles. The molecular formula is C19H26BrN3. The SMILES string of the molecule is Cc1ccc(-c2n[nH]c(C(Br)CC3C(C)CCCC3C)n2)cc1. The molecule has 0 spiro atoms. The number of aromatic amines is 1. The fourth-order valence-corrected chi connectivity index (χ4v) is 4.45. The number of benzene rings is 1. The average Bonchev–Trinajstić information content (AvgIpc) is 3.02. The number of halogens is 1. The quantitative estimate of drug-likeness (QED) is 0.698. The predicted molar refractivity (Wildman–Crippen MR) is 98.5 cm³/mol. The topological polar surface area (TPSA) is 41.6 Å². The van der Waals surface area contributed by atoms with Crippen molar-refractivity contribution in [3.05, 3.63) is 35.7 Å². The van der Waals surface area contributed by atoms with Gasteiger partial charge in [-0.1, -0.05) is 78.9 Å². The van der Waals surface area contributed by atoms with E-state index < -0.39 is 0 Å². The second-order valence-electron chi connectivity index (χ2n) is 7.16. The summed E-state index contributed by atoms with van der Waals surface area (Å²) >= 11 is 3.84. The summed E-state index contributed by atoms with van der Waals surface area (Å²) in [5, 5.41) is 7.53. The van der Waals surface area contributed by atoms with E-state index in [2.05, 4.69) is 71.2 Å². The Labute approximate surface area is 147 Å². The van der Waals surface area contributed by atoms with Crippen molar-refractivity contribution in [2.75, 3.05) is 0 Å². The van der Waals surface area contributed by atoms with Crippen LogP contribution in [-0.4, -0.2) is 15.2 Å². The molecular weight excluding hydrogens is 350 g/mol. The second kappa shape index (κ2) is 7.16. The number of nitrogens with zero attached hydrogens (tertiary/aromatic N) is 2. The van der Waals surface area contributed by atoms with Crippen LogP contribution < -0.4 is 0 Å². The van der Waals surface area contributed by atoms with Crippen LogP contribution in [0, 0.1) is 24.7 Å². The first kappa shape index (κ1) is 16.7. The van der Waals surface area contributed by atoms with Gasteiger partial charge in [-0.05, 0) is 31.1 Å². The lowest BCUT2D eigenvalue weighted by molar-refractivity contribution is 0.167. The second-order valence-corrected chi connectivity index (χ2v) is 8.27. The van der Waals surface area contributed by atoms with Gasteiger partial charge in [-0.2, -0.15) is 5.10 Å². The predicted octanol–water partition coefficient (Wildman–Crippen LogP) is 5.68. The maximum atomic E-state index is 4.71. The fourth-order valence-electron chi connectivity index (χ4n) is 3.81. The van der Waals surface area contributed by atoms with E-state index in [4.69, 9.17) is 4.98 Å². The van der Waals surface area contributed by atoms with Crippen LogP contribution in [0.1, 0.15) is 55.7 Å². The number of aromatic nitrogens is 3. The lowest BCUT2D eigenvalue weighted by atomic mass is 9.71. The van der Waals surface area contributed by atoms with E-state index in [0.29, 0.717) is 0 Å². The molecule has 3 unspecified atom stereocenters. The van der Waals surface area contributed by atoms with Gasteiger partial charge in [-0.3, -0.25) is 5.10 Å². The molecule has 1 aliphatic carbocycles. The zero-order valence-corrected chi connectivity index (χ0v) is 15.8. The number of hydrogen-bond acceptors (Lipinski definition) is 2. The molecule has 2 aromatic rings. The van der Waals surface area contributed by atoms with Crippen LogP contribution in [0.3, 0.4) is 0 Å². The number of hydrogen-bond donors (Lipinski definition) is 1. The molecule has 1 saturated carbocycles. The molecule has 1 aliphatic rings. The van der Waals surface area contributed by atoms with Gasteiger partial charge < -0.3 is 0 Å². The fraction of sp³-hybridized carbons (Fsp3) is 0.579. The molecule has 124 valence electrons. The van der Waals surface area contributed by atoms with Crippen molar-refractivity contribution in [3.63, 3.8) is 0 Å². The Balaban J connectivity index is 1.70. The molecule has 3 atom stereocenters. The number of H-pyrrole nitrogens is 1. The van der Waals surface area contributed by atoms with Crippen molar-refractivity contribution in [2.24, 2.45) is 17.8 Å². The lowest BCUT2D eigenvalue weighted by Gasteiger charge is -2.35. The van der Waals surface area contributed by atoms with Crippen LogP contribution in [0.2, 0.25) is 0 Å². The van der Waals surface area contributed by atoms with Gasteiger partial charge in [0.1, 0.15) is 5.82 Å². The maximum absolute atomic E-state index is 4.71. The molecule has 1 fully saturated rings. The van der Waals surface area contributed by atoms with E-state index in [1.54, 1.807) is 0 Å². The Morgan fingerprint density at radius 1 is 1.17 bits per heavy atom. The molecule has 4 heteroatoms. The molecule has 0 radical (unpaired) electrons. The van der Waals surface area contributed by atoms with Crippen molar-refractivity contribution in [3.8, 4) is 11.4 Å². The molecule has 0 amide bonds. The molecule has 1 aromatic heterocycles. The van der Waals surface area contributed by atoms with E-state index in [0.717, 1.165) is 41.4 Å². The molecule has 0 aliphatic heterocycles. The third-order valence-corrected chi connectivity index (χ3v) is 6.18. The smallest absolute Gasteiger partial charge is 0.181 e. The van der Waals surface area contributed by atoms with Gasteiger partial charge in [0.05, 0.1) is 4.83 Å². The summed E-state index contributed by atoms with van der Waals surface area (Å²) < 4.78 is 0. The van der Waals surface area contributed by atoms with Crippen LogP contribution >= 0.6 is 15.9 Å². The van der Waals surface area contributed by atoms with Crippen LogP contribution in [-0.2, 0) is 0 Å². The van der Waals surface area contributed by atoms with Crippen molar-refractivity contribution < 1.29 is 0 Å². The number of aryl methyl sites for hydroxylation is 1. The molecule has 1 heterocycles. The summed E-state index contributed by atoms with van der Waals surface area (Å²) in [5.74, 6) is 4.11. The van der Waals surface area contributed by atoms with Gasteiger partial charge in [-0.15, -0.1) is 0 Å². The van der Waals surface area contributed by atoms with E-state index in [1.165, 1.54) is 24.8 Å². The highest BCUT2D eigenvalue weighted by Gasteiger charge is 2.30. The molecule has 0 saturated heterocycles. The van der Waals surface area contributed by atoms with E-state index >= 15 is 0 Å². The third-order valence-electron chi connectivity index (χ3n) is 5.37. The minimum Gasteiger partial charge on any atom is -0.262 e. The molecule has 23 heavy (non-hydrogen) atoms. The summed E-state index contributed by atoms with van der Waals surface area (Å²) in [7, 11) is 0. The Morgan fingerprint density at radius 2 is 1.83 bits per heavy atom. The van der Waals surface area contributed by atoms with E-state index in [-0.39, 0.29) is 4.83 Å². The molecule has 0 bridgehead atoms. The highest BCUT2D eigenvalue weighted by atomic mass is 79.9. The third kappa shape index (κ3) is 3.85. The van der Waals surface area contributed by atoms with Gasteiger partial charge in [0.15, 0.2) is 5.82 Å². The summed E-state index contributed by atoms with van der Waals surface area (Å²) in [6, 6.07) is 8.36.